The Morgan fingerprint density at radius 2 is 1.65 bits per heavy atom. The minimum atomic E-state index is -2.82. The van der Waals surface area contributed by atoms with Crippen LogP contribution in [-0.2, 0) is 24.1 Å². The molecule has 0 amide bonds. The van der Waals surface area contributed by atoms with Crippen molar-refractivity contribution in [3.63, 3.8) is 0 Å². The fraction of sp³-hybridized carbons (Fsp3) is 0.600. The van der Waals surface area contributed by atoms with Gasteiger partial charge in [0.25, 0.3) is 0 Å². The number of rotatable bonds is 7. The van der Waals surface area contributed by atoms with Gasteiger partial charge in [-0.05, 0) is 46.8 Å². The second-order valence-corrected chi connectivity index (χ2v) is 8.45. The van der Waals surface area contributed by atoms with E-state index in [-0.39, 0.29) is 0 Å². The first-order valence-corrected chi connectivity index (χ1v) is 9.36. The Hall–Kier alpha value is -0.490. The van der Waals surface area contributed by atoms with Gasteiger partial charge in [0.05, 0.1) is 11.5 Å². The smallest absolute Gasteiger partial charge is 0.173 e. The average molecular weight is 316 g/mol. The highest BCUT2D eigenvalue weighted by Crippen LogP contribution is 2.14. The molecule has 1 rings (SSSR count). The summed E-state index contributed by atoms with van der Waals surface area (Å²) in [4.78, 5) is 2.87. The lowest BCUT2D eigenvalue weighted by Gasteiger charge is -2.30. The van der Waals surface area contributed by atoms with Gasteiger partial charge < -0.3 is 0 Å². The maximum atomic E-state index is 12.4. The molecule has 0 saturated heterocycles. The van der Waals surface area contributed by atoms with Crippen LogP contribution in [0.3, 0.4) is 0 Å². The summed E-state index contributed by atoms with van der Waals surface area (Å²) in [5.41, 5.74) is 1.12. The molecule has 0 aromatic heterocycles. The molecule has 0 aliphatic carbocycles. The minimum absolute atomic E-state index is 0.382. The van der Waals surface area contributed by atoms with E-state index in [0.29, 0.717) is 23.6 Å². The summed E-state index contributed by atoms with van der Waals surface area (Å²) in [5.74, 6) is 0. The molecule has 1 unspecified atom stereocenters. The van der Waals surface area contributed by atoms with Gasteiger partial charge in [0.1, 0.15) is 0 Å². The van der Waals surface area contributed by atoms with Crippen molar-refractivity contribution in [2.75, 3.05) is 13.2 Å². The zero-order valence-electron chi connectivity index (χ0n) is 13.0. The van der Waals surface area contributed by atoms with Crippen molar-refractivity contribution in [1.29, 1.82) is 0 Å². The van der Waals surface area contributed by atoms with E-state index >= 15 is 0 Å². The van der Waals surface area contributed by atoms with Crippen molar-refractivity contribution in [2.24, 2.45) is 0 Å². The van der Waals surface area contributed by atoms with Crippen LogP contribution in [-0.4, -0.2) is 34.3 Å². The molecule has 0 heterocycles. The first kappa shape index (κ1) is 17.6. The molecule has 0 N–H and O–H groups in total. The van der Waals surface area contributed by atoms with E-state index in [9.17, 15) is 4.21 Å². The third-order valence-corrected chi connectivity index (χ3v) is 5.42. The van der Waals surface area contributed by atoms with Gasteiger partial charge in [-0.2, -0.15) is 0 Å². The van der Waals surface area contributed by atoms with Crippen molar-refractivity contribution in [1.82, 2.24) is 4.90 Å². The summed E-state index contributed by atoms with van der Waals surface area (Å²) in [6, 6.07) is 8.23. The zero-order valence-corrected chi connectivity index (χ0v) is 14.6. The first-order chi connectivity index (χ1) is 9.24. The second kappa shape index (κ2) is 7.50. The Morgan fingerprint density at radius 3 is 2.10 bits per heavy atom. The monoisotopic (exact) mass is 315 g/mol. The van der Waals surface area contributed by atoms with Crippen LogP contribution >= 0.6 is 0 Å². The number of hydrogen-bond acceptors (Lipinski definition) is 4. The largest absolute Gasteiger partial charge is 0.296 e. The molecule has 0 aliphatic heterocycles. The van der Waals surface area contributed by atoms with Gasteiger partial charge in [0, 0.05) is 29.8 Å². The van der Waals surface area contributed by atoms with E-state index in [4.69, 9.17) is 15.4 Å². The van der Waals surface area contributed by atoms with Crippen molar-refractivity contribution < 1.29 is 8.39 Å². The summed E-state index contributed by atoms with van der Waals surface area (Å²) in [5, 5.41) is 0. The lowest BCUT2D eigenvalue weighted by atomic mass is 10.2. The van der Waals surface area contributed by atoms with Crippen LogP contribution in [0.2, 0.25) is 0 Å². The quantitative estimate of drug-likeness (QED) is 0.773. The van der Waals surface area contributed by atoms with Gasteiger partial charge in [-0.25, -0.2) is 4.21 Å². The molecule has 114 valence electrons. The average Bonchev–Trinajstić information content (AvgIpc) is 2.34. The molecule has 5 heteroatoms. The van der Waals surface area contributed by atoms with Crippen LogP contribution < -0.4 is 0 Å². The van der Waals surface area contributed by atoms with Crippen LogP contribution in [0.1, 0.15) is 33.3 Å². The summed E-state index contributed by atoms with van der Waals surface area (Å²) in [6.45, 7) is 11.7. The lowest BCUT2D eigenvalue weighted by molar-refractivity contribution is 0.146. The van der Waals surface area contributed by atoms with Gasteiger partial charge >= 0.3 is 0 Å². The third kappa shape index (κ3) is 5.13. The van der Waals surface area contributed by atoms with Gasteiger partial charge in [-0.1, -0.05) is 17.7 Å². The molecular formula is C15H25NO2S2. The Bertz CT molecular complexity index is 499. The number of hydrogen-bond donors (Lipinski definition) is 0. The van der Waals surface area contributed by atoms with Crippen molar-refractivity contribution in [3.05, 3.63) is 29.8 Å². The molecule has 0 fully saturated rings. The Labute approximate surface area is 128 Å². The Kier molecular flexibility index (Phi) is 6.58. The SMILES string of the molecule is Cc1ccc(S(=O)(=S)OCCN(C(C)C)C(C)C)cc1. The summed E-state index contributed by atoms with van der Waals surface area (Å²) in [7, 11) is -2.82. The van der Waals surface area contributed by atoms with E-state index in [0.717, 1.165) is 12.1 Å². The molecule has 1 aromatic rings. The molecule has 20 heavy (non-hydrogen) atoms. The topological polar surface area (TPSA) is 29.5 Å². The highest BCUT2D eigenvalue weighted by atomic mass is 32.8. The van der Waals surface area contributed by atoms with Crippen molar-refractivity contribution in [2.45, 2.75) is 51.6 Å². The van der Waals surface area contributed by atoms with Crippen LogP contribution in [0.25, 0.3) is 0 Å². The van der Waals surface area contributed by atoms with E-state index in [1.807, 2.05) is 19.1 Å². The van der Waals surface area contributed by atoms with Crippen molar-refractivity contribution in [3.8, 4) is 0 Å². The van der Waals surface area contributed by atoms with Crippen LogP contribution in [0, 0.1) is 6.92 Å². The highest BCUT2D eigenvalue weighted by molar-refractivity contribution is 8.30. The van der Waals surface area contributed by atoms with E-state index in [1.54, 1.807) is 12.1 Å². The molecule has 0 aliphatic rings. The minimum Gasteiger partial charge on any atom is -0.296 e. The molecule has 1 aromatic carbocycles. The summed E-state index contributed by atoms with van der Waals surface area (Å²) >= 11 is 5.12. The first-order valence-electron chi connectivity index (χ1n) is 6.96. The predicted octanol–water partition coefficient (Wildman–Crippen LogP) is 3.15. The van der Waals surface area contributed by atoms with Gasteiger partial charge in [0.15, 0.2) is 8.77 Å². The standard InChI is InChI=1S/C15H25NO2S2/c1-12(2)16(13(3)4)10-11-18-20(17,19)15-8-6-14(5)7-9-15/h6-9,12-13H,10-11H2,1-5H3. The molecule has 1 atom stereocenters. The van der Waals surface area contributed by atoms with Crippen LogP contribution in [0.4, 0.5) is 0 Å². The normalized spacial score (nSPS) is 15.0. The summed E-state index contributed by atoms with van der Waals surface area (Å²) < 4.78 is 17.9. The second-order valence-electron chi connectivity index (χ2n) is 5.51. The van der Waals surface area contributed by atoms with Crippen LogP contribution in [0.5, 0.6) is 0 Å². The number of nitrogens with zero attached hydrogens (tertiary/aromatic N) is 1. The molecule has 0 saturated carbocycles. The maximum absolute atomic E-state index is 12.4. The molecule has 0 bridgehead atoms. The van der Waals surface area contributed by atoms with E-state index in [1.165, 1.54) is 0 Å². The van der Waals surface area contributed by atoms with E-state index < -0.39 is 8.77 Å². The molecule has 0 spiro atoms. The third-order valence-electron chi connectivity index (χ3n) is 3.22. The van der Waals surface area contributed by atoms with Crippen molar-refractivity contribution >= 4 is 20.0 Å². The van der Waals surface area contributed by atoms with Gasteiger partial charge in [-0.3, -0.25) is 9.08 Å². The zero-order chi connectivity index (χ0) is 15.3. The molecule has 0 radical (unpaired) electrons. The summed E-state index contributed by atoms with van der Waals surface area (Å²) in [6.07, 6.45) is 0. The maximum Gasteiger partial charge on any atom is 0.173 e. The lowest BCUT2D eigenvalue weighted by Crippen LogP contribution is -2.39. The Morgan fingerprint density at radius 1 is 1.15 bits per heavy atom. The molecular weight excluding hydrogens is 290 g/mol. The number of benzene rings is 1. The van der Waals surface area contributed by atoms with Gasteiger partial charge in [0.2, 0.25) is 0 Å². The highest BCUT2D eigenvalue weighted by Gasteiger charge is 2.15. The number of aryl methyl sites for hydroxylation is 1. The van der Waals surface area contributed by atoms with Gasteiger partial charge in [-0.15, -0.1) is 0 Å². The van der Waals surface area contributed by atoms with Crippen LogP contribution in [0.15, 0.2) is 29.2 Å². The molecule has 3 nitrogen and oxygen atoms in total. The predicted molar refractivity (Wildman–Crippen MR) is 87.9 cm³/mol. The fourth-order valence-electron chi connectivity index (χ4n) is 2.14. The Balaban J connectivity index is 2.62. The fourth-order valence-corrected chi connectivity index (χ4v) is 3.57. The van der Waals surface area contributed by atoms with E-state index in [2.05, 4.69) is 32.6 Å².